The Bertz CT molecular complexity index is 282. The topological polar surface area (TPSA) is 89.3 Å². The van der Waals surface area contributed by atoms with E-state index >= 15 is 0 Å². The Hall–Kier alpha value is -1.62. The number of nitrogens with one attached hydrogen (secondary N) is 1. The van der Waals surface area contributed by atoms with Crippen LogP contribution in [0.2, 0.25) is 0 Å². The standard InChI is InChI=1S/C8H13N5/c1-6(12-8(9)13-10)7-4-2-3-5-11-7/h2-6H,10H2,1H3,(H3,9,12,13)/t6-/m0/s1. The Morgan fingerprint density at radius 3 is 2.92 bits per heavy atom. The van der Waals surface area contributed by atoms with E-state index < -0.39 is 0 Å². The van der Waals surface area contributed by atoms with Crippen molar-refractivity contribution in [2.24, 2.45) is 16.6 Å². The van der Waals surface area contributed by atoms with Gasteiger partial charge in [0.1, 0.15) is 0 Å². The lowest BCUT2D eigenvalue weighted by Gasteiger charge is -2.06. The SMILES string of the molecule is C[C@H](N=C(N)NN)c1ccccn1. The van der Waals surface area contributed by atoms with Crippen LogP contribution in [0.4, 0.5) is 0 Å². The molecule has 5 nitrogen and oxygen atoms in total. The number of hydrogen-bond donors (Lipinski definition) is 3. The summed E-state index contributed by atoms with van der Waals surface area (Å²) in [6.45, 7) is 1.90. The average Bonchev–Trinajstić information content (AvgIpc) is 2.19. The van der Waals surface area contributed by atoms with E-state index in [1.54, 1.807) is 6.20 Å². The van der Waals surface area contributed by atoms with E-state index in [4.69, 9.17) is 11.6 Å². The predicted octanol–water partition coefficient (Wildman–Crippen LogP) is -0.0794. The van der Waals surface area contributed by atoms with E-state index in [1.165, 1.54) is 0 Å². The Balaban J connectivity index is 2.75. The quantitative estimate of drug-likeness (QED) is 0.256. The first-order valence-electron chi connectivity index (χ1n) is 3.95. The van der Waals surface area contributed by atoms with Crippen molar-refractivity contribution < 1.29 is 0 Å². The molecule has 0 radical (unpaired) electrons. The summed E-state index contributed by atoms with van der Waals surface area (Å²) in [7, 11) is 0. The van der Waals surface area contributed by atoms with Gasteiger partial charge in [0.25, 0.3) is 0 Å². The molecule has 0 saturated carbocycles. The van der Waals surface area contributed by atoms with Gasteiger partial charge in [-0.2, -0.15) is 0 Å². The highest BCUT2D eigenvalue weighted by atomic mass is 15.3. The fraction of sp³-hybridized carbons (Fsp3) is 0.250. The molecular formula is C8H13N5. The van der Waals surface area contributed by atoms with Crippen LogP contribution in [-0.4, -0.2) is 10.9 Å². The molecule has 1 atom stereocenters. The van der Waals surface area contributed by atoms with E-state index in [1.807, 2.05) is 25.1 Å². The van der Waals surface area contributed by atoms with Gasteiger partial charge in [-0.05, 0) is 19.1 Å². The first kappa shape index (κ1) is 9.47. The molecular weight excluding hydrogens is 166 g/mol. The van der Waals surface area contributed by atoms with Gasteiger partial charge in [-0.15, -0.1) is 0 Å². The van der Waals surface area contributed by atoms with Crippen molar-refractivity contribution in [1.82, 2.24) is 10.4 Å². The van der Waals surface area contributed by atoms with Gasteiger partial charge in [-0.3, -0.25) is 10.4 Å². The normalized spacial score (nSPS) is 13.8. The number of aliphatic imine (C=N–C) groups is 1. The smallest absolute Gasteiger partial charge is 0.203 e. The Labute approximate surface area is 76.8 Å². The van der Waals surface area contributed by atoms with Gasteiger partial charge in [0.15, 0.2) is 0 Å². The zero-order chi connectivity index (χ0) is 9.68. The molecule has 1 rings (SSSR count). The maximum Gasteiger partial charge on any atom is 0.203 e. The van der Waals surface area contributed by atoms with Crippen LogP contribution in [-0.2, 0) is 0 Å². The van der Waals surface area contributed by atoms with Crippen LogP contribution in [0.25, 0.3) is 0 Å². The van der Waals surface area contributed by atoms with Gasteiger partial charge in [0.05, 0.1) is 11.7 Å². The summed E-state index contributed by atoms with van der Waals surface area (Å²) in [5.74, 6) is 5.28. The Morgan fingerprint density at radius 1 is 1.62 bits per heavy atom. The van der Waals surface area contributed by atoms with Crippen molar-refractivity contribution in [3.05, 3.63) is 30.1 Å². The molecule has 0 aromatic carbocycles. The van der Waals surface area contributed by atoms with E-state index in [2.05, 4.69) is 15.4 Å². The number of nitrogens with zero attached hydrogens (tertiary/aromatic N) is 2. The zero-order valence-corrected chi connectivity index (χ0v) is 7.44. The lowest BCUT2D eigenvalue weighted by molar-refractivity contribution is 0.769. The second kappa shape index (κ2) is 4.42. The highest BCUT2D eigenvalue weighted by Gasteiger charge is 2.03. The van der Waals surface area contributed by atoms with Crippen molar-refractivity contribution in [2.45, 2.75) is 13.0 Å². The first-order valence-corrected chi connectivity index (χ1v) is 3.95. The molecule has 0 unspecified atom stereocenters. The number of hydrogen-bond acceptors (Lipinski definition) is 3. The minimum absolute atomic E-state index is 0.0859. The summed E-state index contributed by atoms with van der Waals surface area (Å²) in [5, 5.41) is 0. The number of hydrazine groups is 1. The van der Waals surface area contributed by atoms with Gasteiger partial charge >= 0.3 is 0 Å². The van der Waals surface area contributed by atoms with E-state index in [-0.39, 0.29) is 12.0 Å². The molecule has 0 saturated heterocycles. The number of pyridine rings is 1. The highest BCUT2D eigenvalue weighted by molar-refractivity contribution is 5.77. The molecule has 1 heterocycles. The van der Waals surface area contributed by atoms with Crippen molar-refractivity contribution in [1.29, 1.82) is 0 Å². The highest BCUT2D eigenvalue weighted by Crippen LogP contribution is 2.11. The monoisotopic (exact) mass is 179 g/mol. The number of rotatable bonds is 2. The van der Waals surface area contributed by atoms with Gasteiger partial charge < -0.3 is 5.73 Å². The molecule has 13 heavy (non-hydrogen) atoms. The van der Waals surface area contributed by atoms with E-state index in [9.17, 15) is 0 Å². The number of guanidine groups is 1. The summed E-state index contributed by atoms with van der Waals surface area (Å²) in [6, 6.07) is 5.56. The van der Waals surface area contributed by atoms with Crippen LogP contribution in [0.15, 0.2) is 29.4 Å². The molecule has 5 N–H and O–H groups in total. The average molecular weight is 179 g/mol. The molecule has 0 aliphatic carbocycles. The predicted molar refractivity (Wildman–Crippen MR) is 51.6 cm³/mol. The molecule has 0 aliphatic heterocycles. The van der Waals surface area contributed by atoms with Crippen molar-refractivity contribution in [3.8, 4) is 0 Å². The third-order valence-corrected chi connectivity index (χ3v) is 1.60. The van der Waals surface area contributed by atoms with Crippen molar-refractivity contribution in [3.63, 3.8) is 0 Å². The maximum absolute atomic E-state index is 5.40. The van der Waals surface area contributed by atoms with E-state index in [0.717, 1.165) is 5.69 Å². The third kappa shape index (κ3) is 2.72. The summed E-state index contributed by atoms with van der Waals surface area (Å²) in [5.41, 5.74) is 8.52. The van der Waals surface area contributed by atoms with E-state index in [0.29, 0.717) is 0 Å². The fourth-order valence-electron chi connectivity index (χ4n) is 0.935. The van der Waals surface area contributed by atoms with Gasteiger partial charge in [-0.1, -0.05) is 6.07 Å². The summed E-state index contributed by atoms with van der Waals surface area (Å²) in [4.78, 5) is 8.20. The first-order chi connectivity index (χ1) is 6.24. The molecule has 0 aliphatic rings. The zero-order valence-electron chi connectivity index (χ0n) is 7.44. The lowest BCUT2D eigenvalue weighted by atomic mass is 10.2. The Morgan fingerprint density at radius 2 is 2.38 bits per heavy atom. The fourth-order valence-corrected chi connectivity index (χ4v) is 0.935. The summed E-state index contributed by atoms with van der Waals surface area (Å²) < 4.78 is 0. The summed E-state index contributed by atoms with van der Waals surface area (Å²) in [6.07, 6.45) is 1.72. The molecule has 0 amide bonds. The van der Waals surface area contributed by atoms with Crippen LogP contribution < -0.4 is 17.0 Å². The number of aromatic nitrogens is 1. The molecule has 0 spiro atoms. The van der Waals surface area contributed by atoms with Crippen LogP contribution in [0.3, 0.4) is 0 Å². The second-order valence-electron chi connectivity index (χ2n) is 2.59. The minimum Gasteiger partial charge on any atom is -0.369 e. The van der Waals surface area contributed by atoms with Crippen LogP contribution in [0, 0.1) is 0 Å². The second-order valence-corrected chi connectivity index (χ2v) is 2.59. The molecule has 1 aromatic rings. The third-order valence-electron chi connectivity index (χ3n) is 1.60. The summed E-state index contributed by atoms with van der Waals surface area (Å²) >= 11 is 0. The van der Waals surface area contributed by atoms with Gasteiger partial charge in [0, 0.05) is 6.20 Å². The lowest BCUT2D eigenvalue weighted by Crippen LogP contribution is -2.37. The van der Waals surface area contributed by atoms with Gasteiger partial charge in [-0.25, -0.2) is 10.8 Å². The molecule has 0 fully saturated rings. The Kier molecular flexibility index (Phi) is 3.22. The largest absolute Gasteiger partial charge is 0.369 e. The van der Waals surface area contributed by atoms with Crippen LogP contribution >= 0.6 is 0 Å². The molecule has 5 heteroatoms. The molecule has 0 bridgehead atoms. The van der Waals surface area contributed by atoms with Crippen molar-refractivity contribution in [2.75, 3.05) is 0 Å². The van der Waals surface area contributed by atoms with Gasteiger partial charge in [0.2, 0.25) is 5.96 Å². The van der Waals surface area contributed by atoms with Crippen molar-refractivity contribution >= 4 is 5.96 Å². The maximum atomic E-state index is 5.40. The minimum atomic E-state index is -0.0859. The molecule has 70 valence electrons. The van der Waals surface area contributed by atoms with Crippen LogP contribution in [0.5, 0.6) is 0 Å². The number of nitrogens with two attached hydrogens (primary N) is 2. The van der Waals surface area contributed by atoms with Crippen LogP contribution in [0.1, 0.15) is 18.7 Å². The molecule has 1 aromatic heterocycles.